The highest BCUT2D eigenvalue weighted by molar-refractivity contribution is 7.85. The average molecular weight is 667 g/mol. The highest BCUT2D eigenvalue weighted by atomic mass is 32.2. The van der Waals surface area contributed by atoms with Crippen molar-refractivity contribution in [2.24, 2.45) is 0 Å². The summed E-state index contributed by atoms with van der Waals surface area (Å²) in [6.45, 7) is 7.91. The van der Waals surface area contributed by atoms with Crippen LogP contribution in [0.2, 0.25) is 25.7 Å². The number of rotatable bonds is 15. The van der Waals surface area contributed by atoms with Gasteiger partial charge < -0.3 is 29.2 Å². The number of benzene rings is 1. The molecule has 0 amide bonds. The van der Waals surface area contributed by atoms with E-state index in [1.54, 1.807) is 25.4 Å². The predicted octanol–water partition coefficient (Wildman–Crippen LogP) is 5.04. The van der Waals surface area contributed by atoms with E-state index in [9.17, 15) is 13.5 Å². The molecule has 0 bridgehead atoms. The fraction of sp³-hybridized carbons (Fsp3) is 0.355. The molecule has 4 heterocycles. The molecule has 13 nitrogen and oxygen atoms in total. The van der Waals surface area contributed by atoms with E-state index < -0.39 is 18.2 Å². The molecule has 0 aliphatic heterocycles. The first-order valence-electron chi connectivity index (χ1n) is 14.7. The summed E-state index contributed by atoms with van der Waals surface area (Å²) in [4.78, 5) is 18.0. The number of anilines is 1. The second kappa shape index (κ2) is 14.0. The summed E-state index contributed by atoms with van der Waals surface area (Å²) in [5.41, 5.74) is 3.79. The SMILES string of the molecule is CNc1nc(OCc2cncc(OCCOS(C)(=O)=O)c2)c2c(-c3ccc4ncc(O)cc4c3)cn(COCC[Si](C)(C)C)c2n1. The van der Waals surface area contributed by atoms with Crippen LogP contribution in [0.4, 0.5) is 5.95 Å². The topological polar surface area (TPSA) is 160 Å². The highest BCUT2D eigenvalue weighted by Gasteiger charge is 2.21. The van der Waals surface area contributed by atoms with Gasteiger partial charge in [0.05, 0.1) is 29.6 Å². The summed E-state index contributed by atoms with van der Waals surface area (Å²) in [7, 11) is -3.09. The van der Waals surface area contributed by atoms with Crippen LogP contribution in [0.15, 0.2) is 55.1 Å². The van der Waals surface area contributed by atoms with Crippen molar-refractivity contribution in [3.05, 3.63) is 60.7 Å². The van der Waals surface area contributed by atoms with Crippen molar-refractivity contribution in [3.63, 3.8) is 0 Å². The van der Waals surface area contributed by atoms with Gasteiger partial charge in [-0.15, -0.1) is 0 Å². The van der Waals surface area contributed by atoms with E-state index in [4.69, 9.17) is 23.4 Å². The Balaban J connectivity index is 1.48. The van der Waals surface area contributed by atoms with E-state index in [1.807, 2.05) is 29.0 Å². The Labute approximate surface area is 268 Å². The molecule has 0 unspecified atom stereocenters. The van der Waals surface area contributed by atoms with Gasteiger partial charge in [-0.2, -0.15) is 18.4 Å². The van der Waals surface area contributed by atoms with E-state index in [-0.39, 0.29) is 25.6 Å². The first-order chi connectivity index (χ1) is 21.9. The van der Waals surface area contributed by atoms with Gasteiger partial charge in [-0.25, -0.2) is 0 Å². The van der Waals surface area contributed by atoms with Gasteiger partial charge in [0.1, 0.15) is 38.1 Å². The molecule has 0 spiro atoms. The molecule has 15 heteroatoms. The normalized spacial score (nSPS) is 12.1. The number of ether oxygens (including phenoxy) is 3. The Kier molecular flexibility index (Phi) is 10.1. The third-order valence-electron chi connectivity index (χ3n) is 6.91. The van der Waals surface area contributed by atoms with Gasteiger partial charge in [-0.05, 0) is 35.9 Å². The minimum atomic E-state index is -3.55. The molecule has 4 aromatic heterocycles. The average Bonchev–Trinajstić information content (AvgIpc) is 3.37. The lowest BCUT2D eigenvalue weighted by atomic mass is 10.0. The van der Waals surface area contributed by atoms with Crippen molar-refractivity contribution in [1.29, 1.82) is 0 Å². The van der Waals surface area contributed by atoms with Gasteiger partial charge in [-0.1, -0.05) is 25.7 Å². The zero-order valence-corrected chi connectivity index (χ0v) is 28.3. The number of nitrogens with zero attached hydrogens (tertiary/aromatic N) is 5. The van der Waals surface area contributed by atoms with Crippen molar-refractivity contribution in [3.8, 4) is 28.5 Å². The number of hydrogen-bond acceptors (Lipinski definition) is 12. The van der Waals surface area contributed by atoms with E-state index in [1.165, 1.54) is 12.4 Å². The van der Waals surface area contributed by atoms with Gasteiger partial charge in [0, 0.05) is 50.6 Å². The maximum atomic E-state index is 11.2. The van der Waals surface area contributed by atoms with Crippen LogP contribution >= 0.6 is 0 Å². The Bertz CT molecular complexity index is 1950. The fourth-order valence-electron chi connectivity index (χ4n) is 4.63. The maximum Gasteiger partial charge on any atom is 0.264 e. The molecule has 1 aromatic carbocycles. The second-order valence-corrected chi connectivity index (χ2v) is 19.2. The zero-order chi connectivity index (χ0) is 32.9. The number of pyridine rings is 2. The van der Waals surface area contributed by atoms with E-state index >= 15 is 0 Å². The van der Waals surface area contributed by atoms with E-state index in [0.29, 0.717) is 47.5 Å². The molecular formula is C31H38N6O7SSi. The van der Waals surface area contributed by atoms with Crippen LogP contribution < -0.4 is 14.8 Å². The number of aromatic nitrogens is 5. The second-order valence-electron chi connectivity index (χ2n) is 12.0. The van der Waals surface area contributed by atoms with Crippen LogP contribution in [-0.2, 0) is 32.4 Å². The maximum absolute atomic E-state index is 11.2. The molecule has 5 rings (SSSR count). The smallest absolute Gasteiger partial charge is 0.264 e. The third-order valence-corrected chi connectivity index (χ3v) is 9.21. The van der Waals surface area contributed by atoms with Gasteiger partial charge in [0.15, 0.2) is 5.65 Å². The lowest BCUT2D eigenvalue weighted by molar-refractivity contribution is 0.0899. The van der Waals surface area contributed by atoms with Crippen molar-refractivity contribution in [2.45, 2.75) is 39.0 Å². The first kappa shape index (κ1) is 33.1. The summed E-state index contributed by atoms with van der Waals surface area (Å²) >= 11 is 0. The van der Waals surface area contributed by atoms with Crippen LogP contribution in [0.5, 0.6) is 17.4 Å². The van der Waals surface area contributed by atoms with Crippen LogP contribution in [0.1, 0.15) is 5.56 Å². The molecule has 0 radical (unpaired) electrons. The van der Waals surface area contributed by atoms with Gasteiger partial charge in [-0.3, -0.25) is 14.2 Å². The molecule has 46 heavy (non-hydrogen) atoms. The quantitative estimate of drug-likeness (QED) is 0.0872. The van der Waals surface area contributed by atoms with E-state index in [0.717, 1.165) is 34.3 Å². The minimum absolute atomic E-state index is 0.0348. The van der Waals surface area contributed by atoms with Crippen LogP contribution in [-0.4, -0.2) is 79.2 Å². The highest BCUT2D eigenvalue weighted by Crippen LogP contribution is 2.38. The van der Waals surface area contributed by atoms with Crippen molar-refractivity contribution in [2.75, 3.05) is 38.4 Å². The summed E-state index contributed by atoms with van der Waals surface area (Å²) in [5, 5.41) is 14.6. The lowest BCUT2D eigenvalue weighted by Gasteiger charge is -2.15. The molecule has 2 N–H and O–H groups in total. The molecule has 0 atom stereocenters. The largest absolute Gasteiger partial charge is 0.506 e. The molecule has 5 aromatic rings. The first-order valence-corrected chi connectivity index (χ1v) is 20.2. The molecule has 0 saturated carbocycles. The summed E-state index contributed by atoms with van der Waals surface area (Å²) in [6.07, 6.45) is 7.56. The standard InChI is InChI=1S/C31H38N6O7SSi/c1-32-31-35-29-28(30(36-31)43-19-21-12-25(17-33-15-21)42-8-9-44-45(2,39)40)26(18-37(29)20-41-10-11-46(3,4)5)22-6-7-27-23(13-22)14-24(38)16-34-27/h6-7,12-18,38H,8-11,19-20H2,1-5H3,(H,32,35,36). The predicted molar refractivity (Wildman–Crippen MR) is 178 cm³/mol. The van der Waals surface area contributed by atoms with Crippen LogP contribution in [0, 0.1) is 0 Å². The molecule has 244 valence electrons. The Morgan fingerprint density at radius 3 is 2.59 bits per heavy atom. The monoisotopic (exact) mass is 666 g/mol. The summed E-state index contributed by atoms with van der Waals surface area (Å²) in [6, 6.07) is 10.3. The van der Waals surface area contributed by atoms with Crippen molar-refractivity contribution < 1.29 is 31.9 Å². The molecule has 0 saturated heterocycles. The number of hydrogen-bond donors (Lipinski definition) is 2. The Morgan fingerprint density at radius 2 is 1.83 bits per heavy atom. The van der Waals surface area contributed by atoms with Crippen molar-refractivity contribution >= 4 is 46.1 Å². The van der Waals surface area contributed by atoms with Gasteiger partial charge in [0.2, 0.25) is 11.8 Å². The third kappa shape index (κ3) is 8.69. The summed E-state index contributed by atoms with van der Waals surface area (Å²) in [5.74, 6) is 1.25. The lowest BCUT2D eigenvalue weighted by Crippen LogP contribution is -2.22. The number of aromatic hydroxyl groups is 1. The Hall–Kier alpha value is -4.31. The molecular weight excluding hydrogens is 629 g/mol. The Morgan fingerprint density at radius 1 is 1.00 bits per heavy atom. The van der Waals surface area contributed by atoms with Gasteiger partial charge in [0.25, 0.3) is 10.1 Å². The van der Waals surface area contributed by atoms with E-state index in [2.05, 4.69) is 39.9 Å². The fourth-order valence-corrected chi connectivity index (χ4v) is 5.76. The molecule has 0 aliphatic carbocycles. The van der Waals surface area contributed by atoms with Gasteiger partial charge >= 0.3 is 0 Å². The number of fused-ring (bicyclic) bond motifs is 2. The summed E-state index contributed by atoms with van der Waals surface area (Å²) < 4.78 is 47.2. The minimum Gasteiger partial charge on any atom is -0.506 e. The molecule has 0 aliphatic rings. The van der Waals surface area contributed by atoms with Crippen molar-refractivity contribution in [1.82, 2.24) is 24.5 Å². The van der Waals surface area contributed by atoms with Crippen LogP contribution in [0.3, 0.4) is 0 Å². The van der Waals surface area contributed by atoms with Crippen LogP contribution in [0.25, 0.3) is 33.1 Å². The number of nitrogens with one attached hydrogen (secondary N) is 1. The zero-order valence-electron chi connectivity index (χ0n) is 26.5. The molecule has 0 fully saturated rings.